The normalized spacial score (nSPS) is 10.8. The van der Waals surface area contributed by atoms with E-state index in [0.717, 1.165) is 101 Å². The van der Waals surface area contributed by atoms with Crippen LogP contribution in [-0.2, 0) is 35.5 Å². The summed E-state index contributed by atoms with van der Waals surface area (Å²) in [5, 5.41) is 41.3. The molecule has 10 aromatic heterocycles. The first-order valence-corrected chi connectivity index (χ1v) is 44.6. The van der Waals surface area contributed by atoms with Crippen molar-refractivity contribution in [3.8, 4) is 69.2 Å². The van der Waals surface area contributed by atoms with Crippen molar-refractivity contribution in [2.45, 2.75) is 67.5 Å². The molecule has 0 radical (unpaired) electrons. The molecule has 0 atom stereocenters. The summed E-state index contributed by atoms with van der Waals surface area (Å²) < 4.78 is 77.4. The predicted octanol–water partition coefficient (Wildman–Crippen LogP) is 23.7. The smallest absolute Gasteiger partial charge is 0.288 e. The first-order valence-electron chi connectivity index (χ1n) is 43.1. The number of rotatable bonds is 17. The average Bonchev–Trinajstić information content (AvgIpc) is 1.67. The van der Waals surface area contributed by atoms with Gasteiger partial charge in [0.2, 0.25) is 11.8 Å². The molecular weight excluding hydrogens is 1950 g/mol. The summed E-state index contributed by atoms with van der Waals surface area (Å²) in [5.74, 6) is 6.00. The molecule has 0 aliphatic rings. The summed E-state index contributed by atoms with van der Waals surface area (Å²) in [6, 6.07) is 63.7. The van der Waals surface area contributed by atoms with Crippen LogP contribution in [0, 0.1) is 100 Å². The topological polar surface area (TPSA) is 440 Å². The van der Waals surface area contributed by atoms with Gasteiger partial charge in [-0.25, -0.2) is 56.2 Å². The van der Waals surface area contributed by atoms with Gasteiger partial charge in [0.05, 0.1) is 46.7 Å². The van der Waals surface area contributed by atoms with Gasteiger partial charge in [0, 0.05) is 134 Å². The van der Waals surface area contributed by atoms with E-state index in [1.807, 2.05) is 77.9 Å². The molecule has 18 aromatic rings. The highest BCUT2D eigenvalue weighted by Gasteiger charge is 2.25. The summed E-state index contributed by atoms with van der Waals surface area (Å²) >= 11 is 15.7. The Labute approximate surface area is 831 Å². The molecule has 2 amide bonds. The highest BCUT2D eigenvalue weighted by Crippen LogP contribution is 2.33. The van der Waals surface area contributed by atoms with Gasteiger partial charge in [-0.15, -0.1) is 6.42 Å². The maximum absolute atomic E-state index is 13.2. The fraction of sp³-hybridized carbons (Fsp3) is 0.113. The highest BCUT2D eigenvalue weighted by atomic mass is 79.9. The third kappa shape index (κ3) is 29.5. The summed E-state index contributed by atoms with van der Waals surface area (Å²) in [5.41, 5.74) is 30.7. The van der Waals surface area contributed by atoms with Crippen molar-refractivity contribution in [3.05, 3.63) is 410 Å². The first-order chi connectivity index (χ1) is 68.0. The van der Waals surface area contributed by atoms with Crippen LogP contribution in [-0.4, -0.2) is 88.0 Å². The van der Waals surface area contributed by atoms with Gasteiger partial charge in [0.1, 0.15) is 87.7 Å². The molecule has 8 aromatic carbocycles. The second-order valence-electron chi connectivity index (χ2n) is 33.7. The zero-order valence-corrected chi connectivity index (χ0v) is 79.8. The molecule has 0 saturated carbocycles. The van der Waals surface area contributed by atoms with Gasteiger partial charge in [-0.3, -0.25) is 49.5 Å². The Morgan fingerprint density at radius 2 is 0.699 bits per heavy atom. The SMILES string of the molecule is C#Cc1ccc(F)cc1.CC(C)(C)C(=O)NCc1ccc(Cl)c(C(=O)Cc2cnc3[nH]c(-c4ccc(F)cc4)cc3c2)c1.CC(C)(C)C(=O)NCc1ccc(Cl)c(C(=O)Cc2cnc3[nH]c(-c4ccc(F)cc4)cc3c2)c1.Nc1cnc2[nH]c(-c3ccc(F)cc3)cc2c1.Nc1ncc([N+](=O)[O-])cc1Br.Nc1ncc([N+](=O)[O-])cc1C#Cc1ccc(F)cc1.O=[N+]([O-])c1cnc2[nH]c(-c3ccc(F)cc3)cc2c1. The Morgan fingerprint density at radius 1 is 0.385 bits per heavy atom. The van der Waals surface area contributed by atoms with Crippen LogP contribution in [0.3, 0.4) is 0 Å². The zero-order chi connectivity index (χ0) is 103. The molecule has 722 valence electrons. The lowest BCUT2D eigenvalue weighted by Crippen LogP contribution is -2.34. The Bertz CT molecular complexity index is 7650. The molecule has 10 heterocycles. The summed E-state index contributed by atoms with van der Waals surface area (Å²) in [7, 11) is 0. The van der Waals surface area contributed by atoms with E-state index >= 15 is 0 Å². The lowest BCUT2D eigenvalue weighted by Gasteiger charge is -2.18. The molecule has 12 N–H and O–H groups in total. The fourth-order valence-electron chi connectivity index (χ4n) is 13.3. The van der Waals surface area contributed by atoms with E-state index in [0.29, 0.717) is 77.9 Å². The van der Waals surface area contributed by atoms with E-state index in [-0.39, 0.29) is 105 Å². The minimum atomic E-state index is -0.574. The standard InChI is InChI=1S/2C27H25ClFN3O2.2C13H8FN3O2.C13H10FN3.C8H5F.C5H4BrN3O2/c2*1-27(2,3)26(34)31-14-16-4-9-22(28)21(11-16)24(33)12-17-10-19-13-23(32-25(19)30-15-17)18-5-7-20(29)8-6-18;14-10-3-1-8(2-4-10)12-6-9-5-11(17(18)19)7-15-13(9)16-12;14-11-5-2-9(3-6-11)1-4-10-7-12(17(18)19)8-16-13(10)15;14-10-3-1-8(2-4-10)12-6-9-5-11(15)7-16-13(9)17-12;1-2-7-3-5-8(9)6-4-7;6-4-1-3(9(10)11)2-8-5(4)7/h2*4-11,13,15H,12,14H2,1-3H3,(H,30,32)(H,31,34);1-7H,(H,15,16);2-3,5-8H,(H2,15,16);1-7H,15H2,(H,16,17);1,3-6H;1-2H,(H2,7,8). The highest BCUT2D eigenvalue weighted by molar-refractivity contribution is 9.10. The fourth-order valence-corrected chi connectivity index (χ4v) is 14.0. The van der Waals surface area contributed by atoms with E-state index in [1.54, 1.807) is 122 Å². The number of amides is 2. The van der Waals surface area contributed by atoms with E-state index < -0.39 is 25.6 Å². The minimum Gasteiger partial charge on any atom is -0.397 e. The molecule has 0 unspecified atom stereocenters. The van der Waals surface area contributed by atoms with Gasteiger partial charge in [0.25, 0.3) is 17.1 Å². The number of Topliss-reactive ketones (excluding diaryl/α,β-unsaturated/α-hetero) is 2. The van der Waals surface area contributed by atoms with E-state index in [2.05, 4.69) is 94.2 Å². The average molecular weight is 2040 g/mol. The van der Waals surface area contributed by atoms with Gasteiger partial charge in [-0.1, -0.05) is 94.6 Å². The predicted molar refractivity (Wildman–Crippen MR) is 544 cm³/mol. The van der Waals surface area contributed by atoms with Crippen molar-refractivity contribution in [1.29, 1.82) is 0 Å². The second-order valence-corrected chi connectivity index (χ2v) is 35.4. The number of hydrogen-bond acceptors (Lipinski definition) is 19. The Morgan fingerprint density at radius 3 is 1.06 bits per heavy atom. The number of nitrogens with one attached hydrogen (secondary N) is 6. The summed E-state index contributed by atoms with van der Waals surface area (Å²) in [6.45, 7) is 11.7. The molecule has 143 heavy (non-hydrogen) atoms. The van der Waals surface area contributed by atoms with Gasteiger partial charge in [-0.2, -0.15) is 0 Å². The quantitative estimate of drug-likeness (QED) is 0.0134. The van der Waals surface area contributed by atoms with Crippen molar-refractivity contribution in [3.63, 3.8) is 0 Å². The van der Waals surface area contributed by atoms with Crippen molar-refractivity contribution < 1.29 is 60.3 Å². The number of nitrogen functional groups attached to an aromatic ring is 3. The number of terminal acetylenes is 1. The molecule has 0 fully saturated rings. The number of anilines is 3. The van der Waals surface area contributed by atoms with E-state index in [1.165, 1.54) is 109 Å². The maximum Gasteiger partial charge on any atom is 0.288 e. The molecule has 0 spiro atoms. The number of benzene rings is 8. The molecular formula is C106H85BrCl2F6N18O10. The zero-order valence-electron chi connectivity index (χ0n) is 76.7. The Hall–Kier alpha value is -17.5. The number of carbonyl (C=O) groups excluding carboxylic acids is 4. The lowest BCUT2D eigenvalue weighted by molar-refractivity contribution is -0.385. The molecule has 28 nitrogen and oxygen atoms in total. The van der Waals surface area contributed by atoms with Crippen LogP contribution in [0.5, 0.6) is 0 Å². The van der Waals surface area contributed by atoms with Gasteiger partial charge < -0.3 is 47.8 Å². The largest absolute Gasteiger partial charge is 0.397 e. The Kier molecular flexibility index (Phi) is 34.5. The number of ketones is 2. The third-order valence-electron chi connectivity index (χ3n) is 20.9. The third-order valence-corrected chi connectivity index (χ3v) is 22.2. The number of H-pyrrole nitrogens is 4. The summed E-state index contributed by atoms with van der Waals surface area (Å²) in [4.78, 5) is 117. The number of fused-ring (bicyclic) bond motifs is 4. The Balaban J connectivity index is 0.000000155. The van der Waals surface area contributed by atoms with Crippen LogP contribution >= 0.6 is 39.1 Å². The number of aromatic amines is 4. The van der Waals surface area contributed by atoms with E-state index in [9.17, 15) is 75.9 Å². The van der Waals surface area contributed by atoms with Crippen molar-refractivity contribution >= 4 is 141 Å². The van der Waals surface area contributed by atoms with Crippen molar-refractivity contribution in [2.24, 2.45) is 10.8 Å². The van der Waals surface area contributed by atoms with Crippen LogP contribution in [0.4, 0.5) is 60.7 Å². The monoisotopic (exact) mass is 2030 g/mol. The van der Waals surface area contributed by atoms with Crippen LogP contribution in [0.25, 0.3) is 89.2 Å². The number of aromatic nitrogens is 10. The number of hydrogen-bond donors (Lipinski definition) is 9. The molecule has 0 aliphatic carbocycles. The first kappa shape index (κ1) is 104. The molecule has 0 bridgehead atoms. The van der Waals surface area contributed by atoms with Gasteiger partial charge in [-0.05, 0) is 273 Å². The van der Waals surface area contributed by atoms with Crippen molar-refractivity contribution in [1.82, 2.24) is 60.5 Å². The lowest BCUT2D eigenvalue weighted by atomic mass is 9.95. The minimum absolute atomic E-state index is 0.0582. The number of halogens is 9. The van der Waals surface area contributed by atoms with Crippen LogP contribution in [0.2, 0.25) is 10.0 Å². The molecule has 0 saturated heterocycles. The van der Waals surface area contributed by atoms with Gasteiger partial charge >= 0.3 is 0 Å². The second kappa shape index (κ2) is 47.2. The maximum atomic E-state index is 13.2. The molecule has 37 heteroatoms. The summed E-state index contributed by atoms with van der Waals surface area (Å²) in [6.07, 6.45) is 13.6. The van der Waals surface area contributed by atoms with E-state index in [4.69, 9.17) is 46.8 Å². The molecule has 18 rings (SSSR count). The van der Waals surface area contributed by atoms with Crippen LogP contribution in [0.1, 0.15) is 101 Å². The number of nitro groups is 3. The van der Waals surface area contributed by atoms with Crippen molar-refractivity contribution in [2.75, 3.05) is 17.2 Å². The number of pyridine rings is 6. The number of nitrogens with zero attached hydrogens (tertiary/aromatic N) is 9. The number of carbonyl (C=O) groups is 4. The molecule has 0 aliphatic heterocycles. The van der Waals surface area contributed by atoms with Crippen LogP contribution < -0.4 is 27.8 Å². The number of nitrogens with two attached hydrogens (primary N) is 3. The van der Waals surface area contributed by atoms with Crippen LogP contribution in [0.15, 0.2) is 284 Å². The van der Waals surface area contributed by atoms with Gasteiger partial charge in [0.15, 0.2) is 11.6 Å².